The molecule has 4 rings (SSSR count). The van der Waals surface area contributed by atoms with Crippen molar-refractivity contribution in [2.75, 3.05) is 25.0 Å². The monoisotopic (exact) mass is 417 g/mol. The molecule has 3 heterocycles. The van der Waals surface area contributed by atoms with Crippen molar-refractivity contribution in [1.29, 1.82) is 0 Å². The van der Waals surface area contributed by atoms with E-state index in [2.05, 4.69) is 23.3 Å². The predicted octanol–water partition coefficient (Wildman–Crippen LogP) is 3.20. The average Bonchev–Trinajstić information content (AvgIpc) is 3.36. The van der Waals surface area contributed by atoms with E-state index in [0.29, 0.717) is 32.1 Å². The second kappa shape index (κ2) is 8.20. The Morgan fingerprint density at radius 2 is 2.07 bits per heavy atom. The van der Waals surface area contributed by atoms with Gasteiger partial charge in [0.2, 0.25) is 10.0 Å². The van der Waals surface area contributed by atoms with Crippen LogP contribution in [-0.2, 0) is 23.0 Å². The molecule has 1 atom stereocenters. The zero-order chi connectivity index (χ0) is 20.4. The maximum atomic E-state index is 12.6. The maximum absolute atomic E-state index is 12.6. The highest BCUT2D eigenvalue weighted by molar-refractivity contribution is 7.89. The topological polar surface area (TPSA) is 80.8 Å². The van der Waals surface area contributed by atoms with Crippen LogP contribution in [0.5, 0.6) is 11.5 Å². The van der Waals surface area contributed by atoms with Crippen molar-refractivity contribution in [2.45, 2.75) is 50.7 Å². The lowest BCUT2D eigenvalue weighted by Crippen LogP contribution is -2.27. The van der Waals surface area contributed by atoms with Gasteiger partial charge in [0.05, 0.1) is 6.61 Å². The van der Waals surface area contributed by atoms with Crippen LogP contribution in [0.25, 0.3) is 0 Å². The van der Waals surface area contributed by atoms with E-state index in [1.807, 2.05) is 13.0 Å². The summed E-state index contributed by atoms with van der Waals surface area (Å²) in [4.78, 5) is 4.54. The SMILES string of the molecule is CCOc1cc2c(cc1CNc1ccc(S(=O)(=O)N3CCCC3)cn1)O[C@@H](C)C2. The Labute approximate surface area is 172 Å². The molecule has 156 valence electrons. The van der Waals surface area contributed by atoms with Crippen LogP contribution < -0.4 is 14.8 Å². The summed E-state index contributed by atoms with van der Waals surface area (Å²) in [7, 11) is -3.44. The fraction of sp³-hybridized carbons (Fsp3) is 0.476. The molecule has 1 fully saturated rings. The third-order valence-corrected chi connectivity index (χ3v) is 7.16. The molecular weight excluding hydrogens is 390 g/mol. The van der Waals surface area contributed by atoms with Gasteiger partial charge in [-0.05, 0) is 51.0 Å². The standard InChI is InChI=1S/C21H27N3O4S/c1-3-27-19-11-16-10-15(2)28-20(16)12-17(19)13-22-21-7-6-18(14-23-21)29(25,26)24-8-4-5-9-24/h6-7,11-12,14-15H,3-5,8-10,13H2,1-2H3,(H,22,23)/t15-/m0/s1. The van der Waals surface area contributed by atoms with Gasteiger partial charge in [0, 0.05) is 43.4 Å². The summed E-state index contributed by atoms with van der Waals surface area (Å²) in [6.45, 7) is 6.28. The Bertz CT molecular complexity index is 970. The van der Waals surface area contributed by atoms with Crippen LogP contribution >= 0.6 is 0 Å². The van der Waals surface area contributed by atoms with Crippen molar-refractivity contribution in [3.05, 3.63) is 41.6 Å². The molecule has 2 aromatic rings. The number of nitrogens with one attached hydrogen (secondary N) is 1. The van der Waals surface area contributed by atoms with Gasteiger partial charge in [-0.3, -0.25) is 0 Å². The van der Waals surface area contributed by atoms with E-state index < -0.39 is 10.0 Å². The number of hydrogen-bond acceptors (Lipinski definition) is 6. The number of hydrogen-bond donors (Lipinski definition) is 1. The molecule has 2 aliphatic rings. The highest BCUT2D eigenvalue weighted by atomic mass is 32.2. The van der Waals surface area contributed by atoms with Gasteiger partial charge in [-0.2, -0.15) is 4.31 Å². The number of anilines is 1. The first kappa shape index (κ1) is 20.0. The molecule has 1 aromatic carbocycles. The Morgan fingerprint density at radius 1 is 1.28 bits per heavy atom. The molecule has 2 aliphatic heterocycles. The molecule has 0 amide bonds. The van der Waals surface area contributed by atoms with Crippen LogP contribution in [0, 0.1) is 0 Å². The summed E-state index contributed by atoms with van der Waals surface area (Å²) in [6.07, 6.45) is 4.31. The second-order valence-electron chi connectivity index (χ2n) is 7.48. The lowest BCUT2D eigenvalue weighted by molar-refractivity contribution is 0.254. The third-order valence-electron chi connectivity index (χ3n) is 5.28. The van der Waals surface area contributed by atoms with Gasteiger partial charge >= 0.3 is 0 Å². The summed E-state index contributed by atoms with van der Waals surface area (Å²) in [5, 5.41) is 3.26. The predicted molar refractivity (Wildman–Crippen MR) is 111 cm³/mol. The third kappa shape index (κ3) is 4.18. The van der Waals surface area contributed by atoms with E-state index >= 15 is 0 Å². The lowest BCUT2D eigenvalue weighted by Gasteiger charge is -2.16. The lowest BCUT2D eigenvalue weighted by atomic mass is 10.1. The first-order valence-corrected chi connectivity index (χ1v) is 11.6. The summed E-state index contributed by atoms with van der Waals surface area (Å²) in [5.41, 5.74) is 2.15. The van der Waals surface area contributed by atoms with Gasteiger partial charge in [0.15, 0.2) is 0 Å². The second-order valence-corrected chi connectivity index (χ2v) is 9.42. The number of nitrogens with zero attached hydrogens (tertiary/aromatic N) is 2. The van der Waals surface area contributed by atoms with Gasteiger partial charge in [-0.1, -0.05) is 0 Å². The smallest absolute Gasteiger partial charge is 0.244 e. The molecule has 29 heavy (non-hydrogen) atoms. The number of aromatic nitrogens is 1. The molecule has 1 N–H and O–H groups in total. The molecular formula is C21H27N3O4S. The molecule has 0 radical (unpaired) electrons. The first-order chi connectivity index (χ1) is 14.0. The van der Waals surface area contributed by atoms with Crippen LogP contribution in [0.4, 0.5) is 5.82 Å². The fourth-order valence-electron chi connectivity index (χ4n) is 3.81. The van der Waals surface area contributed by atoms with Crippen LogP contribution in [0.1, 0.15) is 37.8 Å². The highest BCUT2D eigenvalue weighted by Crippen LogP contribution is 2.35. The van der Waals surface area contributed by atoms with Crippen molar-refractivity contribution >= 4 is 15.8 Å². The van der Waals surface area contributed by atoms with Crippen molar-refractivity contribution in [3.63, 3.8) is 0 Å². The van der Waals surface area contributed by atoms with Crippen LogP contribution in [0.15, 0.2) is 35.4 Å². The number of pyridine rings is 1. The minimum Gasteiger partial charge on any atom is -0.494 e. The number of benzene rings is 1. The number of rotatable bonds is 7. The molecule has 0 spiro atoms. The molecule has 1 saturated heterocycles. The van der Waals surface area contributed by atoms with Crippen molar-refractivity contribution in [3.8, 4) is 11.5 Å². The molecule has 0 aliphatic carbocycles. The summed E-state index contributed by atoms with van der Waals surface area (Å²) in [5.74, 6) is 2.35. The normalized spacial score (nSPS) is 19.0. The summed E-state index contributed by atoms with van der Waals surface area (Å²) >= 11 is 0. The summed E-state index contributed by atoms with van der Waals surface area (Å²) < 4.78 is 38.4. The van der Waals surface area contributed by atoms with Gasteiger partial charge in [0.25, 0.3) is 0 Å². The zero-order valence-electron chi connectivity index (χ0n) is 16.8. The van der Waals surface area contributed by atoms with Crippen LogP contribution in [0.2, 0.25) is 0 Å². The zero-order valence-corrected chi connectivity index (χ0v) is 17.7. The van der Waals surface area contributed by atoms with Gasteiger partial charge in [-0.15, -0.1) is 0 Å². The fourth-order valence-corrected chi connectivity index (χ4v) is 5.27. The van der Waals surface area contributed by atoms with Crippen LogP contribution in [0.3, 0.4) is 0 Å². The van der Waals surface area contributed by atoms with E-state index in [0.717, 1.165) is 36.3 Å². The molecule has 1 aromatic heterocycles. The molecule has 0 saturated carbocycles. The Balaban J connectivity index is 1.47. The van der Waals surface area contributed by atoms with Gasteiger partial charge < -0.3 is 14.8 Å². The van der Waals surface area contributed by atoms with Crippen LogP contribution in [-0.4, -0.2) is 43.5 Å². The largest absolute Gasteiger partial charge is 0.494 e. The number of ether oxygens (including phenoxy) is 2. The van der Waals surface area contributed by atoms with E-state index in [9.17, 15) is 8.42 Å². The minimum absolute atomic E-state index is 0.175. The average molecular weight is 418 g/mol. The molecule has 8 heteroatoms. The quantitative estimate of drug-likeness (QED) is 0.745. The number of fused-ring (bicyclic) bond motifs is 1. The van der Waals surface area contributed by atoms with E-state index in [4.69, 9.17) is 9.47 Å². The first-order valence-electron chi connectivity index (χ1n) is 10.1. The van der Waals surface area contributed by atoms with Gasteiger partial charge in [-0.25, -0.2) is 13.4 Å². The summed E-state index contributed by atoms with van der Waals surface area (Å²) in [6, 6.07) is 7.39. The van der Waals surface area contributed by atoms with Crippen molar-refractivity contribution < 1.29 is 17.9 Å². The molecule has 7 nitrogen and oxygen atoms in total. The Hall–Kier alpha value is -2.32. The maximum Gasteiger partial charge on any atom is 0.244 e. The number of sulfonamides is 1. The Morgan fingerprint density at radius 3 is 2.76 bits per heavy atom. The van der Waals surface area contributed by atoms with Crippen molar-refractivity contribution in [1.82, 2.24) is 9.29 Å². The van der Waals surface area contributed by atoms with E-state index in [-0.39, 0.29) is 11.0 Å². The van der Waals surface area contributed by atoms with Crippen molar-refractivity contribution in [2.24, 2.45) is 0 Å². The molecule has 0 bridgehead atoms. The minimum atomic E-state index is -3.44. The van der Waals surface area contributed by atoms with E-state index in [1.165, 1.54) is 16.1 Å². The van der Waals surface area contributed by atoms with E-state index in [1.54, 1.807) is 12.1 Å². The van der Waals surface area contributed by atoms with Gasteiger partial charge in [0.1, 0.15) is 28.3 Å². The Kier molecular flexibility index (Phi) is 5.65. The highest BCUT2D eigenvalue weighted by Gasteiger charge is 2.27. The molecule has 0 unspecified atom stereocenters.